The average molecular weight is 242 g/mol. The lowest BCUT2D eigenvalue weighted by Gasteiger charge is -2.07. The van der Waals surface area contributed by atoms with Crippen LogP contribution in [0.3, 0.4) is 0 Å². The molecule has 0 aromatic carbocycles. The highest BCUT2D eigenvalue weighted by atomic mass is 32.2. The van der Waals surface area contributed by atoms with Gasteiger partial charge in [-0.2, -0.15) is 4.98 Å². The highest BCUT2D eigenvalue weighted by Gasteiger charge is 2.32. The van der Waals surface area contributed by atoms with Gasteiger partial charge >= 0.3 is 6.36 Å². The van der Waals surface area contributed by atoms with Crippen LogP contribution in [0.25, 0.3) is 0 Å². The van der Waals surface area contributed by atoms with Crippen LogP contribution in [0.15, 0.2) is 17.4 Å². The highest BCUT2D eigenvalue weighted by molar-refractivity contribution is 7.90. The second kappa shape index (κ2) is 3.65. The van der Waals surface area contributed by atoms with E-state index < -0.39 is 27.2 Å². The van der Waals surface area contributed by atoms with Crippen molar-refractivity contribution in [2.45, 2.75) is 11.5 Å². The minimum absolute atomic E-state index is 0.718. The van der Waals surface area contributed by atoms with Crippen molar-refractivity contribution < 1.29 is 26.3 Å². The molecule has 0 saturated carbocycles. The fourth-order valence-electron chi connectivity index (χ4n) is 0.679. The first-order valence-corrected chi connectivity index (χ1v) is 5.36. The Morgan fingerprint density at radius 1 is 1.40 bits per heavy atom. The van der Waals surface area contributed by atoms with Crippen molar-refractivity contribution in [3.05, 3.63) is 12.3 Å². The molecule has 0 spiro atoms. The fraction of sp³-hybridized carbons (Fsp3) is 0.333. The zero-order valence-electron chi connectivity index (χ0n) is 7.32. The summed E-state index contributed by atoms with van der Waals surface area (Å²) in [4.78, 5) is 6.38. The largest absolute Gasteiger partial charge is 0.574 e. The maximum Gasteiger partial charge on any atom is 0.574 e. The molecule has 0 atom stereocenters. The van der Waals surface area contributed by atoms with Crippen molar-refractivity contribution >= 4 is 9.84 Å². The summed E-state index contributed by atoms with van der Waals surface area (Å²) in [5, 5.41) is -0.718. The van der Waals surface area contributed by atoms with Crippen molar-refractivity contribution in [2.75, 3.05) is 6.26 Å². The van der Waals surface area contributed by atoms with E-state index in [0.717, 1.165) is 18.5 Å². The second-order valence-electron chi connectivity index (χ2n) is 2.50. The number of aromatic nitrogens is 2. The van der Waals surface area contributed by atoms with Crippen molar-refractivity contribution in [2.24, 2.45) is 0 Å². The standard InChI is InChI=1S/C6H5F3N2O3S/c1-15(12,13)5-10-3-2-4(11-5)14-6(7,8)9/h2-3H,1H3. The molecule has 0 N–H and O–H groups in total. The molecule has 15 heavy (non-hydrogen) atoms. The molecule has 0 amide bonds. The maximum atomic E-state index is 11.7. The summed E-state index contributed by atoms with van der Waals surface area (Å²) in [7, 11) is -3.75. The van der Waals surface area contributed by atoms with E-state index in [-0.39, 0.29) is 0 Å². The number of ether oxygens (including phenoxy) is 1. The van der Waals surface area contributed by atoms with Gasteiger partial charge in [0.15, 0.2) is 0 Å². The van der Waals surface area contributed by atoms with Gasteiger partial charge in [0.05, 0.1) is 0 Å². The van der Waals surface area contributed by atoms with E-state index in [1.807, 2.05) is 0 Å². The van der Waals surface area contributed by atoms with Crippen LogP contribution in [0.4, 0.5) is 13.2 Å². The lowest BCUT2D eigenvalue weighted by atomic mass is 10.6. The van der Waals surface area contributed by atoms with Crippen molar-refractivity contribution in [1.29, 1.82) is 0 Å². The van der Waals surface area contributed by atoms with Crippen LogP contribution < -0.4 is 4.74 Å². The first-order valence-electron chi connectivity index (χ1n) is 3.47. The third-order valence-corrected chi connectivity index (χ3v) is 2.02. The van der Waals surface area contributed by atoms with Gasteiger partial charge in [-0.3, -0.25) is 0 Å². The molecule has 9 heteroatoms. The van der Waals surface area contributed by atoms with Crippen LogP contribution in [-0.4, -0.2) is 31.0 Å². The van der Waals surface area contributed by atoms with Crippen LogP contribution in [-0.2, 0) is 9.84 Å². The molecule has 5 nitrogen and oxygen atoms in total. The zero-order valence-corrected chi connectivity index (χ0v) is 8.13. The lowest BCUT2D eigenvalue weighted by molar-refractivity contribution is -0.276. The predicted octanol–water partition coefficient (Wildman–Crippen LogP) is 0.779. The molecule has 1 aromatic heterocycles. The molecule has 0 radical (unpaired) electrons. The van der Waals surface area contributed by atoms with E-state index in [0.29, 0.717) is 0 Å². The van der Waals surface area contributed by atoms with Gasteiger partial charge < -0.3 is 4.74 Å². The summed E-state index contributed by atoms with van der Waals surface area (Å²) in [6, 6.07) is 0.808. The van der Waals surface area contributed by atoms with E-state index in [2.05, 4.69) is 14.7 Å². The maximum absolute atomic E-state index is 11.7. The molecule has 0 aliphatic heterocycles. The van der Waals surface area contributed by atoms with Gasteiger partial charge in [0.2, 0.25) is 20.9 Å². The van der Waals surface area contributed by atoms with E-state index >= 15 is 0 Å². The smallest absolute Gasteiger partial charge is 0.388 e. The molecule has 0 bridgehead atoms. The fourth-order valence-corrected chi connectivity index (χ4v) is 1.19. The molecule has 0 fully saturated rings. The van der Waals surface area contributed by atoms with Gasteiger partial charge in [-0.05, 0) is 0 Å². The SMILES string of the molecule is CS(=O)(=O)c1nccc(OC(F)(F)F)n1. The Balaban J connectivity index is 3.04. The molecule has 0 aliphatic carbocycles. The normalized spacial score (nSPS) is 12.5. The number of hydrogen-bond acceptors (Lipinski definition) is 5. The van der Waals surface area contributed by atoms with Crippen molar-refractivity contribution in [3.63, 3.8) is 0 Å². The molecule has 0 aliphatic rings. The average Bonchev–Trinajstić information content (AvgIpc) is 1.99. The molecule has 84 valence electrons. The van der Waals surface area contributed by atoms with Gasteiger partial charge in [-0.25, -0.2) is 13.4 Å². The third-order valence-electron chi connectivity index (χ3n) is 1.16. The molecule has 0 unspecified atom stereocenters. The molecule has 1 heterocycles. The Labute approximate surface area is 82.8 Å². The first kappa shape index (κ1) is 11.7. The summed E-state index contributed by atoms with van der Waals surface area (Å²) in [5.41, 5.74) is 0. The number of nitrogens with zero attached hydrogens (tertiary/aromatic N) is 2. The van der Waals surface area contributed by atoms with E-state index in [4.69, 9.17) is 0 Å². The van der Waals surface area contributed by atoms with Gasteiger partial charge in [0.25, 0.3) is 0 Å². The molecular weight excluding hydrogens is 237 g/mol. The predicted molar refractivity (Wildman–Crippen MR) is 41.8 cm³/mol. The number of hydrogen-bond donors (Lipinski definition) is 0. The third kappa shape index (κ3) is 3.70. The summed E-state index contributed by atoms with van der Waals surface area (Å²) in [6.07, 6.45) is -3.27. The van der Waals surface area contributed by atoms with E-state index in [9.17, 15) is 21.6 Å². The van der Waals surface area contributed by atoms with Gasteiger partial charge in [-0.1, -0.05) is 0 Å². The minimum atomic E-state index is -4.91. The number of sulfone groups is 1. The minimum Gasteiger partial charge on any atom is -0.388 e. The van der Waals surface area contributed by atoms with Crippen molar-refractivity contribution in [3.8, 4) is 5.88 Å². The van der Waals surface area contributed by atoms with Gasteiger partial charge in [0, 0.05) is 18.5 Å². The van der Waals surface area contributed by atoms with Crippen LogP contribution in [0.1, 0.15) is 0 Å². The first-order chi connectivity index (χ1) is 6.68. The molecule has 0 saturated heterocycles. The summed E-state index contributed by atoms with van der Waals surface area (Å²) in [5.74, 6) is -0.863. The van der Waals surface area contributed by atoms with Crippen LogP contribution >= 0.6 is 0 Å². The highest BCUT2D eigenvalue weighted by Crippen LogP contribution is 2.20. The quantitative estimate of drug-likeness (QED) is 0.717. The Hall–Kier alpha value is -1.38. The topological polar surface area (TPSA) is 69.2 Å². The lowest BCUT2D eigenvalue weighted by Crippen LogP contribution is -2.18. The van der Waals surface area contributed by atoms with Gasteiger partial charge in [0.1, 0.15) is 0 Å². The van der Waals surface area contributed by atoms with Crippen LogP contribution in [0.2, 0.25) is 0 Å². The van der Waals surface area contributed by atoms with E-state index in [1.54, 1.807) is 0 Å². The van der Waals surface area contributed by atoms with Crippen LogP contribution in [0, 0.1) is 0 Å². The van der Waals surface area contributed by atoms with Gasteiger partial charge in [-0.15, -0.1) is 13.2 Å². The Morgan fingerprint density at radius 3 is 2.47 bits per heavy atom. The number of rotatable bonds is 2. The molecule has 1 aromatic rings. The second-order valence-corrected chi connectivity index (χ2v) is 4.41. The molecular formula is C6H5F3N2O3S. The Kier molecular flexibility index (Phi) is 2.84. The zero-order chi connectivity index (χ0) is 11.7. The summed E-state index contributed by atoms with van der Waals surface area (Å²) < 4.78 is 60.4. The number of alkyl halides is 3. The monoisotopic (exact) mass is 242 g/mol. The Morgan fingerprint density at radius 2 is 2.00 bits per heavy atom. The summed E-state index contributed by atoms with van der Waals surface area (Å²) >= 11 is 0. The van der Waals surface area contributed by atoms with Crippen molar-refractivity contribution in [1.82, 2.24) is 9.97 Å². The number of halogens is 3. The van der Waals surface area contributed by atoms with Crippen LogP contribution in [0.5, 0.6) is 5.88 Å². The van der Waals surface area contributed by atoms with E-state index in [1.165, 1.54) is 0 Å². The Bertz CT molecular complexity index is 457. The molecule has 1 rings (SSSR count). The summed E-state index contributed by atoms with van der Waals surface area (Å²) in [6.45, 7) is 0.